The van der Waals surface area contributed by atoms with Gasteiger partial charge >= 0.3 is 30.5 Å². The normalized spacial score (nSPS) is 19.9. The Kier molecular flexibility index (Phi) is 34.6. The third-order valence-electron chi connectivity index (χ3n) is 21.2. The second-order valence-corrected chi connectivity index (χ2v) is 31.6. The molecule has 690 valence electrons. The average Bonchev–Trinajstić information content (AvgIpc) is 1.56. The highest BCUT2D eigenvalue weighted by molar-refractivity contribution is 7.86. The highest BCUT2D eigenvalue weighted by atomic mass is 32.2. The summed E-state index contributed by atoms with van der Waals surface area (Å²) in [4.78, 5) is 78.6. The Labute approximate surface area is 734 Å². The number of carbonyl (C=O) groups excluding carboxylic acids is 5. The van der Waals surface area contributed by atoms with Gasteiger partial charge in [-0.15, -0.1) is 0 Å². The van der Waals surface area contributed by atoms with Crippen LogP contribution in [0.4, 0.5) is 119 Å². The molecule has 6 N–H and O–H groups in total. The molecule has 10 saturated heterocycles. The van der Waals surface area contributed by atoms with Gasteiger partial charge in [-0.25, -0.2) is 50.3 Å². The Hall–Kier alpha value is -12.0. The number of nitrogens with two attached hydrogens (primary N) is 2. The van der Waals surface area contributed by atoms with E-state index in [4.69, 9.17) is 74.2 Å². The van der Waals surface area contributed by atoms with Crippen molar-refractivity contribution in [1.82, 2.24) is 0 Å². The van der Waals surface area contributed by atoms with Gasteiger partial charge in [-0.05, 0) is 120 Å². The van der Waals surface area contributed by atoms with Crippen LogP contribution in [0.25, 0.3) is 10.4 Å². The number of amides is 5. The van der Waals surface area contributed by atoms with E-state index in [0.717, 1.165) is 24.9 Å². The molecule has 43 heteroatoms. The van der Waals surface area contributed by atoms with E-state index in [1.165, 1.54) is 56.0 Å². The lowest BCUT2D eigenvalue weighted by Gasteiger charge is -2.29. The SMILES string of the molecule is CS(=O)(=O)OC[C@H]1CN(c2ccc(N3CCOCC3)c(F)c2)C(=O)O1.NC[C@H]1CN(c2ccc(N3CCOCC3)c(F)c2)C(=O)O1.Nc1ccc(N2CCOCC2)c(F)c1.O=C(Nc1ccc(N2CCOCC2)c(F)c1)OCc1ccccc1.O=C1O[C@@H](CO)CN1c1ccc(N2CCOCC2)c(F)c1.[N-]=[N+]=NC[C@H]1CN(c2ccc(N3CCOCC3)c(F)c2)C(=O)O1. The van der Waals surface area contributed by atoms with Crippen LogP contribution in [0.3, 0.4) is 0 Å². The van der Waals surface area contributed by atoms with Crippen molar-refractivity contribution in [3.63, 3.8) is 0 Å². The fourth-order valence-electron chi connectivity index (χ4n) is 14.7. The zero-order valence-electron chi connectivity index (χ0n) is 70.3. The number of nitrogens with zero attached hydrogens (tertiary/aromatic N) is 13. The number of nitrogens with one attached hydrogen (secondary N) is 1. The highest BCUT2D eigenvalue weighted by Gasteiger charge is 2.38. The van der Waals surface area contributed by atoms with E-state index in [-0.39, 0.29) is 81.9 Å². The van der Waals surface area contributed by atoms with Crippen LogP contribution in [-0.4, -0.2) is 285 Å². The molecule has 7 aromatic rings. The molecule has 36 nitrogen and oxygen atoms in total. The first-order chi connectivity index (χ1) is 61.9. The van der Waals surface area contributed by atoms with Crippen molar-refractivity contribution in [3.8, 4) is 0 Å². The fourth-order valence-corrected chi connectivity index (χ4v) is 15.1. The molecule has 10 heterocycles. The molecule has 0 saturated carbocycles. The quantitative estimate of drug-likeness (QED) is 0.0105. The number of halogens is 6. The number of carbonyl (C=O) groups is 5. The van der Waals surface area contributed by atoms with E-state index in [1.54, 1.807) is 72.8 Å². The second-order valence-electron chi connectivity index (χ2n) is 30.0. The predicted octanol–water partition coefficient (Wildman–Crippen LogP) is 9.84. The first kappa shape index (κ1) is 95.1. The van der Waals surface area contributed by atoms with Crippen molar-refractivity contribution in [3.05, 3.63) is 190 Å². The van der Waals surface area contributed by atoms with E-state index in [2.05, 4.69) is 19.5 Å². The minimum Gasteiger partial charge on any atom is -0.444 e. The number of rotatable bonds is 20. The Morgan fingerprint density at radius 1 is 0.453 bits per heavy atom. The summed E-state index contributed by atoms with van der Waals surface area (Å²) in [7, 11) is -3.62. The molecule has 0 radical (unpaired) electrons. The van der Waals surface area contributed by atoms with Crippen molar-refractivity contribution in [2.45, 2.75) is 31.0 Å². The van der Waals surface area contributed by atoms with Crippen LogP contribution in [0.1, 0.15) is 5.56 Å². The summed E-state index contributed by atoms with van der Waals surface area (Å²) in [5.41, 5.74) is 25.8. The Morgan fingerprint density at radius 2 is 0.766 bits per heavy atom. The van der Waals surface area contributed by atoms with Gasteiger partial charge in [0.2, 0.25) is 0 Å². The van der Waals surface area contributed by atoms with Crippen molar-refractivity contribution >= 4 is 109 Å². The maximum Gasteiger partial charge on any atom is 0.414 e. The summed E-state index contributed by atoms with van der Waals surface area (Å²) in [6.45, 7) is 15.8. The van der Waals surface area contributed by atoms with Gasteiger partial charge < -0.3 is 98.1 Å². The summed E-state index contributed by atoms with van der Waals surface area (Å²) >= 11 is 0. The summed E-state index contributed by atoms with van der Waals surface area (Å²) < 4.78 is 169. The summed E-state index contributed by atoms with van der Waals surface area (Å²) in [6, 6.07) is 37.4. The summed E-state index contributed by atoms with van der Waals surface area (Å²) in [6.07, 6.45) is -4.11. The van der Waals surface area contributed by atoms with Crippen LogP contribution in [0, 0.1) is 34.9 Å². The number of hydrogen-bond donors (Lipinski definition) is 4. The number of benzene rings is 7. The molecule has 17 rings (SSSR count). The van der Waals surface area contributed by atoms with Crippen LogP contribution < -0.4 is 65.8 Å². The first-order valence-corrected chi connectivity index (χ1v) is 43.3. The Balaban J connectivity index is 0.000000140. The Bertz CT molecular complexity index is 4960. The largest absolute Gasteiger partial charge is 0.444 e. The molecule has 5 amide bonds. The molecule has 7 aromatic carbocycles. The van der Waals surface area contributed by atoms with Crippen LogP contribution in [-0.2, 0) is 73.0 Å². The lowest BCUT2D eigenvalue weighted by atomic mass is 10.2. The van der Waals surface area contributed by atoms with Crippen molar-refractivity contribution in [2.24, 2.45) is 10.8 Å². The lowest BCUT2D eigenvalue weighted by molar-refractivity contribution is 0.0963. The lowest BCUT2D eigenvalue weighted by Crippen LogP contribution is -2.36. The number of azide groups is 1. The van der Waals surface area contributed by atoms with Gasteiger partial charge in [-0.2, -0.15) is 8.42 Å². The fraction of sp³-hybridized carbons (Fsp3) is 0.447. The molecule has 10 fully saturated rings. The number of nitrogen functional groups attached to an aromatic ring is 1. The van der Waals surface area contributed by atoms with Gasteiger partial charge in [0.1, 0.15) is 72.5 Å². The van der Waals surface area contributed by atoms with Gasteiger partial charge in [0.15, 0.2) is 0 Å². The van der Waals surface area contributed by atoms with Crippen LogP contribution >= 0.6 is 0 Å². The van der Waals surface area contributed by atoms with Gasteiger partial charge in [-0.1, -0.05) is 35.4 Å². The Morgan fingerprint density at radius 3 is 1.09 bits per heavy atom. The first-order valence-electron chi connectivity index (χ1n) is 41.4. The third kappa shape index (κ3) is 26.8. The predicted molar refractivity (Wildman–Crippen MR) is 463 cm³/mol. The number of hydrogen-bond acceptors (Lipinski definition) is 29. The minimum atomic E-state index is -3.62. The monoisotopic (exact) mass is 1810 g/mol. The van der Waals surface area contributed by atoms with Crippen molar-refractivity contribution in [1.29, 1.82) is 0 Å². The van der Waals surface area contributed by atoms with Crippen molar-refractivity contribution in [2.75, 3.05) is 277 Å². The minimum absolute atomic E-state index is 0.0626. The molecule has 4 atom stereocenters. The van der Waals surface area contributed by atoms with Crippen LogP contribution in [0.2, 0.25) is 0 Å². The van der Waals surface area contributed by atoms with E-state index in [9.17, 15) is 58.7 Å². The average molecular weight is 1810 g/mol. The zero-order valence-corrected chi connectivity index (χ0v) is 71.1. The van der Waals surface area contributed by atoms with Gasteiger partial charge in [-0.3, -0.25) is 29.1 Å². The number of morpholine rings is 6. The molecule has 0 unspecified atom stereocenters. The maximum absolute atomic E-state index is 14.5. The number of cyclic esters (lactones) is 4. The van der Waals surface area contributed by atoms with Gasteiger partial charge in [0.25, 0.3) is 10.1 Å². The molecule has 0 spiro atoms. The number of aliphatic hydroxyl groups excluding tert-OH is 1. The molecule has 128 heavy (non-hydrogen) atoms. The topological polar surface area (TPSA) is 396 Å². The van der Waals surface area contributed by atoms with E-state index in [1.807, 2.05) is 59.7 Å². The van der Waals surface area contributed by atoms with E-state index in [0.29, 0.717) is 220 Å². The number of ether oxygens (including phenoxy) is 11. The number of aliphatic hydroxyl groups is 1. The second kappa shape index (κ2) is 46.6. The molecule has 0 aromatic heterocycles. The van der Waals surface area contributed by atoms with Crippen LogP contribution in [0.15, 0.2) is 145 Å². The zero-order chi connectivity index (χ0) is 90.6. The maximum atomic E-state index is 14.5. The van der Waals surface area contributed by atoms with E-state index >= 15 is 0 Å². The molecule has 10 aliphatic heterocycles. The van der Waals surface area contributed by atoms with Crippen molar-refractivity contribution < 1.29 is 120 Å². The molecule has 0 bridgehead atoms. The van der Waals surface area contributed by atoms with Gasteiger partial charge in [0.05, 0.1) is 182 Å². The summed E-state index contributed by atoms with van der Waals surface area (Å²) in [5, 5.41) is 15.0. The molecule has 10 aliphatic rings. The molecular weight excluding hydrogens is 1710 g/mol. The third-order valence-corrected chi connectivity index (χ3v) is 21.8. The smallest absolute Gasteiger partial charge is 0.414 e. The molecule has 0 aliphatic carbocycles. The highest BCUT2D eigenvalue weighted by Crippen LogP contribution is 2.35. The van der Waals surface area contributed by atoms with Gasteiger partial charge in [0, 0.05) is 101 Å². The summed E-state index contributed by atoms with van der Waals surface area (Å²) in [5.74, 6) is -2.20. The van der Waals surface area contributed by atoms with Crippen LogP contribution in [0.5, 0.6) is 0 Å². The standard InChI is InChI=1S/C18H19FN2O3.C15H19FN2O6S.C14H16FN5O3.C14H18FN3O3.C14H17FN2O4.C10H13FN2O/c19-16-12-15(6-7-17(16)21-8-10-23-11-9-21)20-18(22)24-13-14-4-2-1-3-5-14;1-25(20,21)23-10-12-9-18(15(19)24-12)11-2-3-14(13(16)8-11)17-4-6-22-7-5-17;15-12-7-10(1-2-13(12)19-3-5-22-6-4-19)20-9-11(8-17-18-16)23-14(20)21;15-12-7-10(18-9-11(8-16)21-14(18)19)1-2-13(12)17-3-5-20-6-4-17;15-12-7-10(17-8-11(9-18)21-14(17)19)1-2-13(12)16-3-5-20-6-4-16;11-9-7-8(12)1-2-10(9)13-3-5-14-6-4-13/h1-7,12H,8-11,13H2,(H,20,22);2-3,8,12H,4-7,9-10H2,1H3;1-2,7,11H,3-6,8-9H2;1-2,7,11H,3-6,8-9,16H2;1-2,7,11,18H,3-6,8-9H2;1-2,7H,3-6,12H2/t;12-;3*11-;/m.1001./s1. The molecular formula is C85H102F6N16O20S. The number of anilines is 12. The van der Waals surface area contributed by atoms with E-state index < -0.39 is 70.5 Å².